The van der Waals surface area contributed by atoms with E-state index in [0.29, 0.717) is 0 Å². The zero-order valence-corrected chi connectivity index (χ0v) is 24.5. The second-order valence-corrected chi connectivity index (χ2v) is 14.3. The topological polar surface area (TPSA) is 0 Å². The summed E-state index contributed by atoms with van der Waals surface area (Å²) >= 11 is 0. The molecule has 0 N–H and O–H groups in total. The summed E-state index contributed by atoms with van der Waals surface area (Å²) in [6.45, 7) is 4.77. The van der Waals surface area contributed by atoms with Crippen LogP contribution in [0.15, 0.2) is 143 Å². The number of hydrogen-bond acceptors (Lipinski definition) is 0. The van der Waals surface area contributed by atoms with Crippen LogP contribution in [0.2, 0.25) is 0 Å². The molecule has 0 atom stereocenters. The Kier molecular flexibility index (Phi) is 9.41. The molecule has 1 aliphatic carbocycles. The molecule has 1 saturated carbocycles. The molecule has 0 unspecified atom stereocenters. The van der Waals surface area contributed by atoms with Gasteiger partial charge in [-0.1, -0.05) is 135 Å². The highest BCUT2D eigenvalue weighted by Crippen LogP contribution is 2.54. The summed E-state index contributed by atoms with van der Waals surface area (Å²) in [7, 11) is -1.14. The average Bonchev–Trinajstić information content (AvgIpc) is 3.00. The number of hydrogen-bond donors (Lipinski definition) is 0. The quantitative estimate of drug-likeness (QED) is 0.199. The summed E-state index contributed by atoms with van der Waals surface area (Å²) < 4.78 is 0. The normalized spacial score (nSPS) is 16.5. The fraction of sp³-hybridized carbons (Fsp3) is 0.222. The minimum absolute atomic E-state index is 0.569. The van der Waals surface area contributed by atoms with Crippen molar-refractivity contribution in [1.82, 2.24) is 0 Å². The third-order valence-corrected chi connectivity index (χ3v) is 12.9. The second-order valence-electron chi connectivity index (χ2n) is 9.78. The molecule has 1 fully saturated rings. The molecule has 38 heavy (non-hydrogen) atoms. The molecule has 0 saturated heterocycles. The first-order valence-corrected chi connectivity index (χ1v) is 16.7. The lowest BCUT2D eigenvalue weighted by Crippen LogP contribution is -2.17. The maximum absolute atomic E-state index is 2.39. The minimum atomic E-state index is -0.569. The summed E-state index contributed by atoms with van der Waals surface area (Å²) in [6.07, 6.45) is 7.18. The van der Waals surface area contributed by atoms with E-state index in [1.807, 2.05) is 0 Å². The van der Waals surface area contributed by atoms with E-state index in [1.54, 1.807) is 21.8 Å². The monoisotopic (exact) mass is 532 g/mol. The van der Waals surface area contributed by atoms with Gasteiger partial charge in [-0.15, -0.1) is 0 Å². The third kappa shape index (κ3) is 5.94. The average molecular weight is 533 g/mol. The standard InChI is InChI=1S/C36H38P2/c1-3-35(37(29-19-9-5-10-20-29)30-21-11-6-12-22-30)33-27-17-18-28-34(33)36(4-2)38(31-23-13-7-14-24-31)32-25-15-8-16-26-32/h5-16,19-26H,3-4,17-18,27-28H2,1-2H3/b35-33-,36-34?. The van der Waals surface area contributed by atoms with Gasteiger partial charge in [-0.25, -0.2) is 0 Å². The molecule has 0 aromatic heterocycles. The molecular formula is C36H38P2. The van der Waals surface area contributed by atoms with Crippen LogP contribution in [-0.2, 0) is 0 Å². The lowest BCUT2D eigenvalue weighted by Gasteiger charge is -2.32. The molecule has 0 bridgehead atoms. The molecular weight excluding hydrogens is 494 g/mol. The molecule has 192 valence electrons. The summed E-state index contributed by atoms with van der Waals surface area (Å²) in [5.41, 5.74) is 3.35. The van der Waals surface area contributed by atoms with Gasteiger partial charge in [0.25, 0.3) is 0 Å². The summed E-state index contributed by atoms with van der Waals surface area (Å²) in [5.74, 6) is 0. The zero-order chi connectivity index (χ0) is 26.2. The van der Waals surface area contributed by atoms with Crippen molar-refractivity contribution in [3.8, 4) is 0 Å². The highest BCUT2D eigenvalue weighted by molar-refractivity contribution is 7.77. The van der Waals surface area contributed by atoms with Crippen molar-refractivity contribution < 1.29 is 0 Å². The maximum atomic E-state index is 2.39. The summed E-state index contributed by atoms with van der Waals surface area (Å²) in [4.78, 5) is 0. The van der Waals surface area contributed by atoms with E-state index in [0.717, 1.165) is 12.8 Å². The van der Waals surface area contributed by atoms with Crippen LogP contribution in [0.4, 0.5) is 0 Å². The fourth-order valence-electron chi connectivity index (χ4n) is 5.78. The SMILES string of the molecule is CCC(=C1CCCC/C1=C(\CC)P(c1ccccc1)c1ccccc1)P(c1ccccc1)c1ccccc1. The predicted octanol–water partition coefficient (Wildman–Crippen LogP) is 9.15. The van der Waals surface area contributed by atoms with Crippen LogP contribution in [0.1, 0.15) is 52.4 Å². The van der Waals surface area contributed by atoms with Crippen molar-refractivity contribution in [3.63, 3.8) is 0 Å². The Hall–Kier alpha value is -2.78. The Morgan fingerprint density at radius 2 is 0.711 bits per heavy atom. The largest absolute Gasteiger partial charge is 0.0622 e. The molecule has 1 aliphatic rings. The van der Waals surface area contributed by atoms with Crippen LogP contribution < -0.4 is 21.2 Å². The van der Waals surface area contributed by atoms with E-state index >= 15 is 0 Å². The fourth-order valence-corrected chi connectivity index (χ4v) is 11.2. The Morgan fingerprint density at radius 1 is 0.447 bits per heavy atom. The molecule has 0 spiro atoms. The van der Waals surface area contributed by atoms with Crippen LogP contribution in [-0.4, -0.2) is 0 Å². The van der Waals surface area contributed by atoms with E-state index in [1.165, 1.54) is 46.9 Å². The molecule has 0 nitrogen and oxygen atoms in total. The second kappa shape index (κ2) is 13.3. The molecule has 0 radical (unpaired) electrons. The first kappa shape index (κ1) is 26.8. The lowest BCUT2D eigenvalue weighted by molar-refractivity contribution is 0.671. The minimum Gasteiger partial charge on any atom is -0.0622 e. The Bertz CT molecular complexity index is 1170. The number of allylic oxidation sites excluding steroid dienone is 4. The molecule has 4 aromatic rings. The van der Waals surface area contributed by atoms with Crippen molar-refractivity contribution >= 4 is 37.1 Å². The van der Waals surface area contributed by atoms with Crippen molar-refractivity contribution in [3.05, 3.63) is 143 Å². The van der Waals surface area contributed by atoms with Crippen LogP contribution in [0, 0.1) is 0 Å². The van der Waals surface area contributed by atoms with E-state index in [2.05, 4.69) is 135 Å². The summed E-state index contributed by atoms with van der Waals surface area (Å²) in [6, 6.07) is 45.1. The van der Waals surface area contributed by atoms with E-state index in [9.17, 15) is 0 Å². The molecule has 2 heteroatoms. The van der Waals surface area contributed by atoms with Crippen LogP contribution in [0.25, 0.3) is 0 Å². The van der Waals surface area contributed by atoms with Gasteiger partial charge in [-0.05, 0) is 97.4 Å². The van der Waals surface area contributed by atoms with Gasteiger partial charge in [0.15, 0.2) is 0 Å². The molecule has 5 rings (SSSR count). The van der Waals surface area contributed by atoms with Crippen LogP contribution >= 0.6 is 15.8 Å². The highest BCUT2D eigenvalue weighted by Gasteiger charge is 2.28. The van der Waals surface area contributed by atoms with Gasteiger partial charge in [0.1, 0.15) is 0 Å². The molecule has 0 amide bonds. The van der Waals surface area contributed by atoms with E-state index in [-0.39, 0.29) is 0 Å². The van der Waals surface area contributed by atoms with E-state index < -0.39 is 15.8 Å². The van der Waals surface area contributed by atoms with Crippen LogP contribution in [0.5, 0.6) is 0 Å². The lowest BCUT2D eigenvalue weighted by atomic mass is 9.88. The van der Waals surface area contributed by atoms with Crippen molar-refractivity contribution in [2.75, 3.05) is 0 Å². The smallest absolute Gasteiger partial charge is 0.0154 e. The summed E-state index contributed by atoms with van der Waals surface area (Å²) in [5, 5.41) is 9.22. The van der Waals surface area contributed by atoms with Crippen molar-refractivity contribution in [2.24, 2.45) is 0 Å². The number of rotatable bonds is 8. The number of benzene rings is 4. The maximum Gasteiger partial charge on any atom is -0.0154 e. The van der Waals surface area contributed by atoms with Gasteiger partial charge >= 0.3 is 0 Å². The molecule has 4 aromatic carbocycles. The predicted molar refractivity (Wildman–Crippen MR) is 171 cm³/mol. The van der Waals surface area contributed by atoms with Crippen molar-refractivity contribution in [1.29, 1.82) is 0 Å². The Balaban J connectivity index is 1.75. The van der Waals surface area contributed by atoms with Crippen molar-refractivity contribution in [2.45, 2.75) is 52.4 Å². The van der Waals surface area contributed by atoms with E-state index in [4.69, 9.17) is 0 Å². The van der Waals surface area contributed by atoms with Gasteiger partial charge in [-0.2, -0.15) is 0 Å². The first-order valence-electron chi connectivity index (χ1n) is 14.1. The molecule has 0 heterocycles. The van der Waals surface area contributed by atoms with Gasteiger partial charge in [0, 0.05) is 0 Å². The van der Waals surface area contributed by atoms with Gasteiger partial charge in [0.2, 0.25) is 0 Å². The first-order chi connectivity index (χ1) is 18.8. The van der Waals surface area contributed by atoms with Gasteiger partial charge in [0.05, 0.1) is 0 Å². The highest BCUT2D eigenvalue weighted by atomic mass is 31.1. The third-order valence-electron chi connectivity index (χ3n) is 7.43. The van der Waals surface area contributed by atoms with Gasteiger partial charge < -0.3 is 0 Å². The van der Waals surface area contributed by atoms with Crippen LogP contribution in [0.3, 0.4) is 0 Å². The zero-order valence-electron chi connectivity index (χ0n) is 22.7. The molecule has 0 aliphatic heterocycles. The Labute approximate surface area is 232 Å². The Morgan fingerprint density at radius 3 is 0.947 bits per heavy atom. The van der Waals surface area contributed by atoms with Gasteiger partial charge in [-0.3, -0.25) is 0 Å².